The van der Waals surface area contributed by atoms with E-state index in [-0.39, 0.29) is 42.5 Å². The number of hydrogen-bond donors (Lipinski definition) is 2. The molecular formula is C19H29Cl2F2N3O2. The SMILES string of the molecule is Cl.Cl.O=C(CCC1CCNCC1)NC1CCN(c2ccccc2OC(F)F)C1. The van der Waals surface area contributed by atoms with Gasteiger partial charge >= 0.3 is 6.61 Å². The molecule has 1 amide bonds. The summed E-state index contributed by atoms with van der Waals surface area (Å²) in [6.07, 6.45) is 4.60. The molecule has 1 aromatic carbocycles. The van der Waals surface area contributed by atoms with Crippen molar-refractivity contribution in [2.45, 2.75) is 44.8 Å². The number of para-hydroxylation sites is 2. The molecule has 0 bridgehead atoms. The molecular weight excluding hydrogens is 411 g/mol. The quantitative estimate of drug-likeness (QED) is 0.681. The average molecular weight is 440 g/mol. The number of alkyl halides is 2. The zero-order valence-corrected chi connectivity index (χ0v) is 17.4. The van der Waals surface area contributed by atoms with Gasteiger partial charge in [-0.05, 0) is 56.8 Å². The summed E-state index contributed by atoms with van der Waals surface area (Å²) in [5.41, 5.74) is 0.652. The van der Waals surface area contributed by atoms with Crippen molar-refractivity contribution in [1.82, 2.24) is 10.6 Å². The molecule has 0 aliphatic carbocycles. The molecule has 0 saturated carbocycles. The Kier molecular flexibility index (Phi) is 10.9. The van der Waals surface area contributed by atoms with Gasteiger partial charge in [-0.1, -0.05) is 12.1 Å². The minimum absolute atomic E-state index is 0. The second kappa shape index (κ2) is 12.3. The van der Waals surface area contributed by atoms with E-state index in [4.69, 9.17) is 0 Å². The number of rotatable bonds is 7. The minimum Gasteiger partial charge on any atom is -0.433 e. The molecule has 2 aliphatic heterocycles. The smallest absolute Gasteiger partial charge is 0.387 e. The Bertz CT molecular complexity index is 604. The fourth-order valence-corrected chi connectivity index (χ4v) is 3.82. The predicted octanol–water partition coefficient (Wildman–Crippen LogP) is 3.61. The van der Waals surface area contributed by atoms with Gasteiger partial charge in [-0.3, -0.25) is 4.79 Å². The summed E-state index contributed by atoms with van der Waals surface area (Å²) < 4.78 is 29.8. The normalized spacial score (nSPS) is 19.7. The number of nitrogens with zero attached hydrogens (tertiary/aromatic N) is 1. The van der Waals surface area contributed by atoms with Gasteiger partial charge in [0, 0.05) is 25.6 Å². The number of amides is 1. The van der Waals surface area contributed by atoms with Crippen LogP contribution in [0.2, 0.25) is 0 Å². The number of hydrogen-bond acceptors (Lipinski definition) is 4. The van der Waals surface area contributed by atoms with Crippen LogP contribution in [-0.4, -0.2) is 44.7 Å². The number of carbonyl (C=O) groups is 1. The first-order valence-corrected chi connectivity index (χ1v) is 9.40. The van der Waals surface area contributed by atoms with Gasteiger partial charge in [0.05, 0.1) is 5.69 Å². The predicted molar refractivity (Wildman–Crippen MR) is 111 cm³/mol. The summed E-state index contributed by atoms with van der Waals surface area (Å²) in [4.78, 5) is 14.2. The number of anilines is 1. The molecule has 160 valence electrons. The lowest BCUT2D eigenvalue weighted by Crippen LogP contribution is -2.37. The molecule has 5 nitrogen and oxygen atoms in total. The molecule has 0 spiro atoms. The molecule has 2 N–H and O–H groups in total. The Morgan fingerprint density at radius 2 is 1.93 bits per heavy atom. The van der Waals surface area contributed by atoms with E-state index in [2.05, 4.69) is 15.4 Å². The van der Waals surface area contributed by atoms with Crippen molar-refractivity contribution in [3.63, 3.8) is 0 Å². The Morgan fingerprint density at radius 1 is 1.21 bits per heavy atom. The molecule has 2 heterocycles. The lowest BCUT2D eigenvalue weighted by atomic mass is 9.93. The Morgan fingerprint density at radius 3 is 2.64 bits per heavy atom. The molecule has 2 aliphatic rings. The molecule has 2 saturated heterocycles. The molecule has 1 atom stereocenters. The van der Waals surface area contributed by atoms with Crippen LogP contribution in [0.25, 0.3) is 0 Å². The monoisotopic (exact) mass is 439 g/mol. The van der Waals surface area contributed by atoms with E-state index in [1.54, 1.807) is 24.3 Å². The first kappa shape index (κ1) is 24.7. The number of ether oxygens (including phenoxy) is 1. The highest BCUT2D eigenvalue weighted by molar-refractivity contribution is 5.85. The van der Waals surface area contributed by atoms with Crippen LogP contribution in [0.15, 0.2) is 24.3 Å². The summed E-state index contributed by atoms with van der Waals surface area (Å²) in [5.74, 6) is 0.910. The zero-order valence-electron chi connectivity index (χ0n) is 15.7. The number of benzene rings is 1. The van der Waals surface area contributed by atoms with Gasteiger partial charge in [-0.2, -0.15) is 8.78 Å². The van der Waals surface area contributed by atoms with Crippen LogP contribution in [-0.2, 0) is 4.79 Å². The summed E-state index contributed by atoms with van der Waals surface area (Å²) in [6.45, 7) is 0.573. The molecule has 1 unspecified atom stereocenters. The van der Waals surface area contributed by atoms with Crippen LogP contribution in [0, 0.1) is 5.92 Å². The zero-order chi connectivity index (χ0) is 18.4. The third-order valence-electron chi connectivity index (χ3n) is 5.21. The Hall–Kier alpha value is -1.31. The van der Waals surface area contributed by atoms with Crippen molar-refractivity contribution < 1.29 is 18.3 Å². The second-order valence-electron chi connectivity index (χ2n) is 7.08. The van der Waals surface area contributed by atoms with Crippen molar-refractivity contribution in [2.24, 2.45) is 5.92 Å². The highest BCUT2D eigenvalue weighted by Crippen LogP contribution is 2.31. The molecule has 3 rings (SSSR count). The van der Waals surface area contributed by atoms with Crippen molar-refractivity contribution in [2.75, 3.05) is 31.1 Å². The largest absolute Gasteiger partial charge is 0.433 e. The van der Waals surface area contributed by atoms with Crippen molar-refractivity contribution in [3.8, 4) is 5.75 Å². The van der Waals surface area contributed by atoms with Crippen LogP contribution in [0.4, 0.5) is 14.5 Å². The molecule has 28 heavy (non-hydrogen) atoms. The van der Waals surface area contributed by atoms with Gasteiger partial charge in [-0.15, -0.1) is 24.8 Å². The molecule has 0 aromatic heterocycles. The lowest BCUT2D eigenvalue weighted by molar-refractivity contribution is -0.122. The Balaban J connectivity index is 0.00000196. The summed E-state index contributed by atoms with van der Waals surface area (Å²) >= 11 is 0. The van der Waals surface area contributed by atoms with Crippen LogP contribution in [0.5, 0.6) is 5.75 Å². The summed E-state index contributed by atoms with van der Waals surface area (Å²) in [5, 5.41) is 6.43. The standard InChI is InChI=1S/C19H27F2N3O2.2ClH/c20-19(21)26-17-4-2-1-3-16(17)24-12-9-15(13-24)23-18(25)6-5-14-7-10-22-11-8-14;;/h1-4,14-15,19,22H,5-13H2,(H,23,25);2*1H. The number of carbonyl (C=O) groups excluding carboxylic acids is 1. The number of halogens is 4. The number of piperidine rings is 1. The molecule has 2 fully saturated rings. The fraction of sp³-hybridized carbons (Fsp3) is 0.632. The van der Waals surface area contributed by atoms with Crippen LogP contribution in [0.3, 0.4) is 0 Å². The van der Waals surface area contributed by atoms with E-state index >= 15 is 0 Å². The van der Waals surface area contributed by atoms with Gasteiger partial charge in [-0.25, -0.2) is 0 Å². The van der Waals surface area contributed by atoms with E-state index in [0.717, 1.165) is 38.8 Å². The summed E-state index contributed by atoms with van der Waals surface area (Å²) in [6, 6.07) is 6.86. The summed E-state index contributed by atoms with van der Waals surface area (Å²) in [7, 11) is 0. The van der Waals surface area contributed by atoms with Crippen molar-refractivity contribution in [1.29, 1.82) is 0 Å². The van der Waals surface area contributed by atoms with Crippen LogP contribution in [0.1, 0.15) is 32.1 Å². The molecule has 9 heteroatoms. The van der Waals surface area contributed by atoms with Crippen LogP contribution < -0.4 is 20.3 Å². The first-order valence-electron chi connectivity index (χ1n) is 9.40. The highest BCUT2D eigenvalue weighted by Gasteiger charge is 2.26. The first-order chi connectivity index (χ1) is 12.6. The highest BCUT2D eigenvalue weighted by atomic mass is 35.5. The van der Waals surface area contributed by atoms with Gasteiger partial charge in [0.2, 0.25) is 5.91 Å². The topological polar surface area (TPSA) is 53.6 Å². The maximum absolute atomic E-state index is 12.6. The van der Waals surface area contributed by atoms with E-state index in [1.165, 1.54) is 0 Å². The van der Waals surface area contributed by atoms with E-state index in [1.807, 2.05) is 4.90 Å². The number of nitrogens with one attached hydrogen (secondary N) is 2. The van der Waals surface area contributed by atoms with Crippen molar-refractivity contribution >= 4 is 36.4 Å². The van der Waals surface area contributed by atoms with Gasteiger partial charge in [0.15, 0.2) is 0 Å². The van der Waals surface area contributed by atoms with Crippen molar-refractivity contribution in [3.05, 3.63) is 24.3 Å². The van der Waals surface area contributed by atoms with Gasteiger partial charge in [0.1, 0.15) is 5.75 Å². The van der Waals surface area contributed by atoms with Crippen LogP contribution >= 0.6 is 24.8 Å². The minimum atomic E-state index is -2.84. The van der Waals surface area contributed by atoms with E-state index in [9.17, 15) is 13.6 Å². The lowest BCUT2D eigenvalue weighted by Gasteiger charge is -2.23. The van der Waals surface area contributed by atoms with Gasteiger partial charge in [0.25, 0.3) is 0 Å². The molecule has 1 aromatic rings. The second-order valence-corrected chi connectivity index (χ2v) is 7.08. The van der Waals surface area contributed by atoms with E-state index < -0.39 is 6.61 Å². The maximum atomic E-state index is 12.6. The third-order valence-corrected chi connectivity index (χ3v) is 5.21. The molecule has 0 radical (unpaired) electrons. The maximum Gasteiger partial charge on any atom is 0.387 e. The average Bonchev–Trinajstić information content (AvgIpc) is 3.09. The fourth-order valence-electron chi connectivity index (χ4n) is 3.82. The Labute approximate surface area is 177 Å². The van der Waals surface area contributed by atoms with Gasteiger partial charge < -0.3 is 20.3 Å². The third kappa shape index (κ3) is 7.26. The van der Waals surface area contributed by atoms with E-state index in [0.29, 0.717) is 31.1 Å².